The van der Waals surface area contributed by atoms with Crippen LogP contribution in [-0.2, 0) is 28.6 Å². The number of carbonyl (C=O) groups excluding carboxylic acids is 3. The number of ether oxygens (including phenoxy) is 3. The minimum Gasteiger partial charge on any atom is -0.465 e. The summed E-state index contributed by atoms with van der Waals surface area (Å²) < 4.78 is 15.9. The summed E-state index contributed by atoms with van der Waals surface area (Å²) in [5.41, 5.74) is -3.43. The molecule has 0 saturated heterocycles. The lowest BCUT2D eigenvalue weighted by Gasteiger charge is -2.33. The first-order valence-electron chi connectivity index (χ1n) is 8.30. The monoisotopic (exact) mass is 335 g/mol. The summed E-state index contributed by atoms with van der Waals surface area (Å²) in [6.45, 7) is 5.53. The fourth-order valence-corrected chi connectivity index (χ4v) is 4.17. The Morgan fingerprint density at radius 3 is 2.54 bits per heavy atom. The number of ketones is 1. The van der Waals surface area contributed by atoms with Crippen molar-refractivity contribution in [2.24, 2.45) is 22.2 Å². The minimum atomic E-state index is -1.73. The quantitative estimate of drug-likeness (QED) is 0.409. The Morgan fingerprint density at radius 1 is 1.21 bits per heavy atom. The van der Waals surface area contributed by atoms with E-state index >= 15 is 0 Å². The topological polar surface area (TPSA) is 91.3 Å². The molecule has 0 unspecified atom stereocenters. The molecule has 7 heteroatoms. The lowest BCUT2D eigenvalue weighted by Crippen LogP contribution is -2.51. The van der Waals surface area contributed by atoms with Gasteiger partial charge >= 0.3 is 11.9 Å². The highest BCUT2D eigenvalue weighted by atomic mass is 16.5. The van der Waals surface area contributed by atoms with Crippen LogP contribution in [0.15, 0.2) is 17.1 Å². The summed E-state index contributed by atoms with van der Waals surface area (Å²) in [4.78, 5) is 42.9. The zero-order valence-electron chi connectivity index (χ0n) is 14.0. The van der Waals surface area contributed by atoms with Crippen molar-refractivity contribution in [1.29, 1.82) is 0 Å². The fourth-order valence-electron chi connectivity index (χ4n) is 4.17. The van der Waals surface area contributed by atoms with Gasteiger partial charge in [0, 0.05) is 18.4 Å². The highest BCUT2D eigenvalue weighted by Gasteiger charge is 2.80. The van der Waals surface area contributed by atoms with E-state index in [0.717, 1.165) is 0 Å². The van der Waals surface area contributed by atoms with Crippen molar-refractivity contribution in [3.63, 3.8) is 0 Å². The Morgan fingerprint density at radius 2 is 1.92 bits per heavy atom. The van der Waals surface area contributed by atoms with Gasteiger partial charge in [0.25, 0.3) is 0 Å². The molecule has 0 spiro atoms. The van der Waals surface area contributed by atoms with Crippen molar-refractivity contribution in [2.75, 3.05) is 19.8 Å². The van der Waals surface area contributed by atoms with Crippen molar-refractivity contribution < 1.29 is 28.6 Å². The van der Waals surface area contributed by atoms with Crippen LogP contribution in [-0.4, -0.2) is 49.0 Å². The van der Waals surface area contributed by atoms with Gasteiger partial charge in [0.2, 0.25) is 11.5 Å². The molecule has 1 heterocycles. The predicted octanol–water partition coefficient (Wildman–Crippen LogP) is 1.06. The number of esters is 2. The van der Waals surface area contributed by atoms with E-state index in [1.807, 2.05) is 12.2 Å². The zero-order chi connectivity index (χ0) is 17.5. The Kier molecular flexibility index (Phi) is 4.07. The molecule has 24 heavy (non-hydrogen) atoms. The molecule has 0 aromatic carbocycles. The highest BCUT2D eigenvalue weighted by Crippen LogP contribution is 2.62. The van der Waals surface area contributed by atoms with Crippen LogP contribution < -0.4 is 0 Å². The average Bonchev–Trinajstić information content (AvgIpc) is 3.17. The smallest absolute Gasteiger partial charge is 0.354 e. The molecule has 0 N–H and O–H groups in total. The fraction of sp³-hybridized carbons (Fsp3) is 0.647. The molecule has 1 aliphatic heterocycles. The van der Waals surface area contributed by atoms with Crippen molar-refractivity contribution in [3.05, 3.63) is 12.2 Å². The third-order valence-corrected chi connectivity index (χ3v) is 4.94. The van der Waals surface area contributed by atoms with E-state index in [4.69, 9.17) is 14.2 Å². The highest BCUT2D eigenvalue weighted by molar-refractivity contribution is 6.51. The maximum Gasteiger partial charge on any atom is 0.354 e. The standard InChI is InChI=1S/C17H21NO6/c1-4-22-13(19)12-16(15(21)23-5-2)10-8-7-9-11(10)17(18-12,14(16)20)24-6-3/h7,9-11H,4-6,8H2,1-3H3/t10-,11+,16+,17+/m0/s1. The number of rotatable bonds is 6. The second-order valence-electron chi connectivity index (χ2n) is 5.96. The van der Waals surface area contributed by atoms with Gasteiger partial charge in [-0.3, -0.25) is 9.59 Å². The predicted molar refractivity (Wildman–Crippen MR) is 83.2 cm³/mol. The second-order valence-corrected chi connectivity index (χ2v) is 5.96. The van der Waals surface area contributed by atoms with E-state index in [1.54, 1.807) is 20.8 Å². The van der Waals surface area contributed by atoms with Crippen LogP contribution in [0.4, 0.5) is 0 Å². The molecular formula is C17H21NO6. The molecular weight excluding hydrogens is 314 g/mol. The normalized spacial score (nSPS) is 35.8. The first-order valence-corrected chi connectivity index (χ1v) is 8.30. The Balaban J connectivity index is 2.18. The average molecular weight is 335 g/mol. The van der Waals surface area contributed by atoms with Crippen molar-refractivity contribution >= 4 is 23.4 Å². The van der Waals surface area contributed by atoms with Crippen LogP contribution in [0.5, 0.6) is 0 Å². The van der Waals surface area contributed by atoms with E-state index in [9.17, 15) is 14.4 Å². The van der Waals surface area contributed by atoms with Crippen molar-refractivity contribution in [1.82, 2.24) is 0 Å². The van der Waals surface area contributed by atoms with Crippen molar-refractivity contribution in [3.8, 4) is 0 Å². The molecule has 0 aromatic rings. The molecule has 130 valence electrons. The summed E-state index contributed by atoms with van der Waals surface area (Å²) >= 11 is 0. The van der Waals surface area contributed by atoms with E-state index in [-0.39, 0.29) is 31.5 Å². The maximum absolute atomic E-state index is 13.3. The molecule has 0 amide bonds. The van der Waals surface area contributed by atoms with Crippen LogP contribution in [0.1, 0.15) is 27.2 Å². The first-order chi connectivity index (χ1) is 11.5. The summed E-state index contributed by atoms with van der Waals surface area (Å²) in [6, 6.07) is 0. The maximum atomic E-state index is 13.3. The van der Waals surface area contributed by atoms with E-state index < -0.39 is 34.8 Å². The van der Waals surface area contributed by atoms with Crippen molar-refractivity contribution in [2.45, 2.75) is 32.9 Å². The van der Waals surface area contributed by atoms with Crippen LogP contribution in [0, 0.1) is 17.3 Å². The first kappa shape index (κ1) is 16.8. The largest absolute Gasteiger partial charge is 0.465 e. The SMILES string of the molecule is CCOC(=O)C1=N[C@]2(OCC)C(=O)[C@@]1(C(=O)OCC)[C@H]1CC=C[C@H]12. The molecule has 2 bridgehead atoms. The van der Waals surface area contributed by atoms with Gasteiger partial charge in [0.15, 0.2) is 5.41 Å². The van der Waals surface area contributed by atoms with Gasteiger partial charge < -0.3 is 14.2 Å². The summed E-state index contributed by atoms with van der Waals surface area (Å²) in [5, 5.41) is 0. The zero-order valence-corrected chi connectivity index (χ0v) is 14.0. The van der Waals surface area contributed by atoms with Gasteiger partial charge in [-0.05, 0) is 27.2 Å². The lowest BCUT2D eigenvalue weighted by molar-refractivity contribution is -0.159. The summed E-state index contributed by atoms with van der Waals surface area (Å²) in [7, 11) is 0. The third kappa shape index (κ3) is 1.81. The number of aliphatic imine (C=N–C) groups is 1. The lowest BCUT2D eigenvalue weighted by atomic mass is 9.71. The van der Waals surface area contributed by atoms with Crippen LogP contribution in [0.2, 0.25) is 0 Å². The van der Waals surface area contributed by atoms with Gasteiger partial charge in [-0.15, -0.1) is 0 Å². The van der Waals surface area contributed by atoms with Gasteiger partial charge in [-0.2, -0.15) is 0 Å². The third-order valence-electron chi connectivity index (χ3n) is 4.94. The van der Waals surface area contributed by atoms with Gasteiger partial charge in [-0.25, -0.2) is 9.79 Å². The number of Topliss-reactive ketones (excluding diaryl/α,β-unsaturated/α-hetero) is 1. The Bertz CT molecular complexity index is 653. The number of fused-ring (bicyclic) bond motifs is 5. The second kappa shape index (κ2) is 5.81. The number of nitrogens with zero attached hydrogens (tertiary/aromatic N) is 1. The van der Waals surface area contributed by atoms with Gasteiger partial charge in [0.1, 0.15) is 5.71 Å². The minimum absolute atomic E-state index is 0.108. The molecule has 0 radical (unpaired) electrons. The Hall–Kier alpha value is -2.02. The van der Waals surface area contributed by atoms with E-state index in [2.05, 4.69) is 4.99 Å². The number of hydrogen-bond donors (Lipinski definition) is 0. The van der Waals surface area contributed by atoms with Gasteiger partial charge in [-0.1, -0.05) is 12.2 Å². The van der Waals surface area contributed by atoms with E-state index in [1.165, 1.54) is 0 Å². The van der Waals surface area contributed by atoms with Crippen LogP contribution in [0.3, 0.4) is 0 Å². The molecule has 1 saturated carbocycles. The summed E-state index contributed by atoms with van der Waals surface area (Å²) in [6.07, 6.45) is 4.24. The molecule has 0 aromatic heterocycles. The number of carbonyl (C=O) groups is 3. The molecule has 4 atom stereocenters. The van der Waals surface area contributed by atoms with Crippen LogP contribution in [0.25, 0.3) is 0 Å². The molecule has 3 aliphatic rings. The van der Waals surface area contributed by atoms with E-state index in [0.29, 0.717) is 6.42 Å². The molecule has 1 fully saturated rings. The van der Waals surface area contributed by atoms with Crippen LogP contribution >= 0.6 is 0 Å². The molecule has 3 rings (SSSR count). The Labute approximate surface area is 140 Å². The number of allylic oxidation sites excluding steroid dienone is 1. The summed E-state index contributed by atoms with van der Waals surface area (Å²) in [5.74, 6) is -2.79. The molecule has 2 aliphatic carbocycles. The van der Waals surface area contributed by atoms with Gasteiger partial charge in [0.05, 0.1) is 13.2 Å². The molecule has 7 nitrogen and oxygen atoms in total. The number of hydrogen-bond acceptors (Lipinski definition) is 7.